The standard InChI is InChI=1S/C14H21Cl2NO/c1-11(2)5-4-8-17-9-10-18-14-12(15)6-3-7-13(14)16/h3,6-7,11,17H,4-5,8-10H2,1-2H3. The van der Waals surface area contributed by atoms with Crippen molar-refractivity contribution in [2.45, 2.75) is 26.7 Å². The third-order valence-electron chi connectivity index (χ3n) is 2.58. The molecule has 0 aliphatic carbocycles. The van der Waals surface area contributed by atoms with Crippen LogP contribution in [0.2, 0.25) is 10.0 Å². The number of para-hydroxylation sites is 1. The Labute approximate surface area is 120 Å². The quantitative estimate of drug-likeness (QED) is 0.717. The summed E-state index contributed by atoms with van der Waals surface area (Å²) < 4.78 is 5.57. The predicted octanol–water partition coefficient (Wildman–Crippen LogP) is 4.40. The Morgan fingerprint density at radius 3 is 2.44 bits per heavy atom. The lowest BCUT2D eigenvalue weighted by molar-refractivity contribution is 0.313. The first-order valence-corrected chi connectivity index (χ1v) is 7.14. The second-order valence-electron chi connectivity index (χ2n) is 4.69. The number of hydrogen-bond donors (Lipinski definition) is 1. The molecule has 0 amide bonds. The summed E-state index contributed by atoms with van der Waals surface area (Å²) in [6, 6.07) is 5.36. The van der Waals surface area contributed by atoms with Crippen LogP contribution >= 0.6 is 23.2 Å². The van der Waals surface area contributed by atoms with Gasteiger partial charge in [0, 0.05) is 6.54 Å². The van der Waals surface area contributed by atoms with E-state index < -0.39 is 0 Å². The van der Waals surface area contributed by atoms with Crippen LogP contribution in [0, 0.1) is 5.92 Å². The van der Waals surface area contributed by atoms with Gasteiger partial charge >= 0.3 is 0 Å². The Hall–Kier alpha value is -0.440. The monoisotopic (exact) mass is 289 g/mol. The largest absolute Gasteiger partial charge is 0.489 e. The molecule has 1 aromatic rings. The van der Waals surface area contributed by atoms with Crippen LogP contribution in [0.25, 0.3) is 0 Å². The van der Waals surface area contributed by atoms with Crippen LogP contribution < -0.4 is 10.1 Å². The van der Waals surface area contributed by atoms with E-state index in [9.17, 15) is 0 Å². The van der Waals surface area contributed by atoms with Crippen molar-refractivity contribution < 1.29 is 4.74 Å². The highest BCUT2D eigenvalue weighted by Crippen LogP contribution is 2.32. The van der Waals surface area contributed by atoms with Crippen molar-refractivity contribution in [3.63, 3.8) is 0 Å². The van der Waals surface area contributed by atoms with Crippen LogP contribution in [0.3, 0.4) is 0 Å². The number of hydrogen-bond acceptors (Lipinski definition) is 2. The molecule has 1 N–H and O–H groups in total. The van der Waals surface area contributed by atoms with Crippen LogP contribution in [0.15, 0.2) is 18.2 Å². The summed E-state index contributed by atoms with van der Waals surface area (Å²) in [6.45, 7) is 6.88. The predicted molar refractivity (Wildman–Crippen MR) is 78.9 cm³/mol. The van der Waals surface area contributed by atoms with E-state index in [1.165, 1.54) is 12.8 Å². The number of halogens is 2. The number of rotatable bonds is 8. The summed E-state index contributed by atoms with van der Waals surface area (Å²) in [5, 5.41) is 4.45. The van der Waals surface area contributed by atoms with E-state index in [1.54, 1.807) is 12.1 Å². The van der Waals surface area contributed by atoms with E-state index >= 15 is 0 Å². The molecule has 1 aromatic carbocycles. The molecule has 0 aliphatic heterocycles. The summed E-state index contributed by atoms with van der Waals surface area (Å²) in [6.07, 6.45) is 2.45. The molecule has 0 heterocycles. The van der Waals surface area contributed by atoms with E-state index in [4.69, 9.17) is 27.9 Å². The zero-order valence-corrected chi connectivity index (χ0v) is 12.5. The molecule has 0 saturated heterocycles. The summed E-state index contributed by atoms with van der Waals surface area (Å²) in [5.74, 6) is 1.34. The van der Waals surface area contributed by atoms with Crippen molar-refractivity contribution in [3.05, 3.63) is 28.2 Å². The first-order valence-electron chi connectivity index (χ1n) is 6.38. The van der Waals surface area contributed by atoms with Gasteiger partial charge in [-0.1, -0.05) is 43.1 Å². The molecule has 1 rings (SSSR count). The zero-order chi connectivity index (χ0) is 13.4. The van der Waals surface area contributed by atoms with Crippen LogP contribution in [0.5, 0.6) is 5.75 Å². The average molecular weight is 290 g/mol. The fraction of sp³-hybridized carbons (Fsp3) is 0.571. The van der Waals surface area contributed by atoms with Gasteiger partial charge in [-0.2, -0.15) is 0 Å². The lowest BCUT2D eigenvalue weighted by Gasteiger charge is -2.10. The maximum atomic E-state index is 6.00. The molecule has 0 atom stereocenters. The van der Waals surface area contributed by atoms with Gasteiger partial charge in [-0.05, 0) is 37.4 Å². The smallest absolute Gasteiger partial charge is 0.156 e. The average Bonchev–Trinajstić information content (AvgIpc) is 2.30. The minimum atomic E-state index is 0.558. The van der Waals surface area contributed by atoms with Gasteiger partial charge < -0.3 is 10.1 Å². The fourth-order valence-electron chi connectivity index (χ4n) is 1.61. The van der Waals surface area contributed by atoms with Crippen molar-refractivity contribution in [3.8, 4) is 5.75 Å². The SMILES string of the molecule is CC(C)CCCNCCOc1c(Cl)cccc1Cl. The molecular formula is C14H21Cl2NO. The molecule has 0 bridgehead atoms. The summed E-state index contributed by atoms with van der Waals surface area (Å²) in [7, 11) is 0. The fourth-order valence-corrected chi connectivity index (χ4v) is 2.11. The molecule has 0 unspecified atom stereocenters. The Balaban J connectivity index is 2.14. The van der Waals surface area contributed by atoms with E-state index in [1.807, 2.05) is 6.07 Å². The molecule has 102 valence electrons. The normalized spacial score (nSPS) is 10.9. The molecule has 18 heavy (non-hydrogen) atoms. The highest BCUT2D eigenvalue weighted by Gasteiger charge is 2.05. The van der Waals surface area contributed by atoms with Crippen molar-refractivity contribution in [2.24, 2.45) is 5.92 Å². The number of benzene rings is 1. The maximum absolute atomic E-state index is 6.00. The van der Waals surface area contributed by atoms with Crippen LogP contribution in [-0.4, -0.2) is 19.7 Å². The second-order valence-corrected chi connectivity index (χ2v) is 5.50. The number of nitrogens with one attached hydrogen (secondary N) is 1. The van der Waals surface area contributed by atoms with Crippen molar-refractivity contribution in [1.29, 1.82) is 0 Å². The third kappa shape index (κ3) is 5.94. The highest BCUT2D eigenvalue weighted by atomic mass is 35.5. The molecule has 0 aromatic heterocycles. The topological polar surface area (TPSA) is 21.3 Å². The van der Waals surface area contributed by atoms with Crippen molar-refractivity contribution in [1.82, 2.24) is 5.32 Å². The maximum Gasteiger partial charge on any atom is 0.156 e. The van der Waals surface area contributed by atoms with E-state index in [0.717, 1.165) is 19.0 Å². The second kappa shape index (κ2) is 8.63. The van der Waals surface area contributed by atoms with Crippen LogP contribution in [-0.2, 0) is 0 Å². The van der Waals surface area contributed by atoms with Gasteiger partial charge in [-0.3, -0.25) is 0 Å². The van der Waals surface area contributed by atoms with Gasteiger partial charge in [0.25, 0.3) is 0 Å². The van der Waals surface area contributed by atoms with Crippen molar-refractivity contribution >= 4 is 23.2 Å². The summed E-state index contributed by atoms with van der Waals surface area (Å²) in [4.78, 5) is 0. The Morgan fingerprint density at radius 1 is 1.17 bits per heavy atom. The third-order valence-corrected chi connectivity index (χ3v) is 3.17. The van der Waals surface area contributed by atoms with Gasteiger partial charge in [0.15, 0.2) is 5.75 Å². The van der Waals surface area contributed by atoms with Gasteiger partial charge in [-0.15, -0.1) is 0 Å². The lowest BCUT2D eigenvalue weighted by Crippen LogP contribution is -2.22. The number of ether oxygens (including phenoxy) is 1. The van der Waals surface area contributed by atoms with Gasteiger partial charge in [0.2, 0.25) is 0 Å². The minimum Gasteiger partial charge on any atom is -0.489 e. The minimum absolute atomic E-state index is 0.558. The van der Waals surface area contributed by atoms with Gasteiger partial charge in [-0.25, -0.2) is 0 Å². The molecular weight excluding hydrogens is 269 g/mol. The summed E-state index contributed by atoms with van der Waals surface area (Å²) in [5.41, 5.74) is 0. The Kier molecular flexibility index (Phi) is 7.48. The molecule has 0 spiro atoms. The van der Waals surface area contributed by atoms with Crippen LogP contribution in [0.4, 0.5) is 0 Å². The molecule has 0 radical (unpaired) electrons. The van der Waals surface area contributed by atoms with Gasteiger partial charge in [0.1, 0.15) is 6.61 Å². The summed E-state index contributed by atoms with van der Waals surface area (Å²) >= 11 is 12.0. The molecule has 0 fully saturated rings. The Bertz CT molecular complexity index is 335. The van der Waals surface area contributed by atoms with Crippen molar-refractivity contribution in [2.75, 3.05) is 19.7 Å². The van der Waals surface area contributed by atoms with Gasteiger partial charge in [0.05, 0.1) is 10.0 Å². The first-order chi connectivity index (χ1) is 8.61. The lowest BCUT2D eigenvalue weighted by atomic mass is 10.1. The molecule has 4 heteroatoms. The first kappa shape index (κ1) is 15.6. The van der Waals surface area contributed by atoms with Crippen LogP contribution in [0.1, 0.15) is 26.7 Å². The van der Waals surface area contributed by atoms with E-state index in [2.05, 4.69) is 19.2 Å². The van der Waals surface area contributed by atoms with E-state index in [-0.39, 0.29) is 0 Å². The van der Waals surface area contributed by atoms with E-state index in [0.29, 0.717) is 22.4 Å². The zero-order valence-electron chi connectivity index (χ0n) is 11.0. The Morgan fingerprint density at radius 2 is 1.83 bits per heavy atom. The molecule has 0 saturated carbocycles. The molecule has 2 nitrogen and oxygen atoms in total. The molecule has 0 aliphatic rings. The highest BCUT2D eigenvalue weighted by molar-refractivity contribution is 6.37.